The molecule has 1 aliphatic carbocycles. The van der Waals surface area contributed by atoms with Gasteiger partial charge in [0.25, 0.3) is 5.69 Å². The molecular weight excluding hydrogens is 282 g/mol. The van der Waals surface area contributed by atoms with E-state index < -0.39 is 14.9 Å². The van der Waals surface area contributed by atoms with E-state index in [1.165, 1.54) is 12.1 Å². The third-order valence-corrected chi connectivity index (χ3v) is 4.97. The van der Waals surface area contributed by atoms with E-state index in [4.69, 9.17) is 0 Å². The van der Waals surface area contributed by atoms with Gasteiger partial charge in [-0.25, -0.2) is 13.1 Å². The Bertz CT molecular complexity index is 609. The molecule has 0 atom stereocenters. The Kier molecular flexibility index (Phi) is 4.24. The highest BCUT2D eigenvalue weighted by Gasteiger charge is 2.26. The fourth-order valence-corrected chi connectivity index (χ4v) is 3.92. The smallest absolute Gasteiger partial charge is 0.270 e. The number of rotatable bonds is 5. The molecular formula is C12H17N3O4S. The van der Waals surface area contributed by atoms with Crippen LogP contribution >= 0.6 is 0 Å². The van der Waals surface area contributed by atoms with Crippen molar-refractivity contribution < 1.29 is 13.3 Å². The molecule has 0 amide bonds. The van der Waals surface area contributed by atoms with E-state index >= 15 is 0 Å². The predicted octanol–water partition coefficient (Wildman–Crippen LogP) is 1.86. The van der Waals surface area contributed by atoms with Crippen LogP contribution in [0.15, 0.2) is 23.1 Å². The molecule has 2 rings (SSSR count). The normalized spacial score (nSPS) is 16.2. The summed E-state index contributed by atoms with van der Waals surface area (Å²) >= 11 is 0. The Morgan fingerprint density at radius 2 is 1.95 bits per heavy atom. The molecule has 0 unspecified atom stereocenters. The maximum absolute atomic E-state index is 12.4. The van der Waals surface area contributed by atoms with Crippen LogP contribution in [0.1, 0.15) is 25.7 Å². The van der Waals surface area contributed by atoms with Crippen molar-refractivity contribution in [3.63, 3.8) is 0 Å². The highest BCUT2D eigenvalue weighted by Crippen LogP contribution is 2.27. The molecule has 0 spiro atoms. The Morgan fingerprint density at radius 3 is 2.50 bits per heavy atom. The number of nitrogens with zero attached hydrogens (tertiary/aromatic N) is 1. The zero-order chi connectivity index (χ0) is 14.8. The zero-order valence-electron chi connectivity index (χ0n) is 11.1. The first-order valence-corrected chi connectivity index (χ1v) is 7.91. The summed E-state index contributed by atoms with van der Waals surface area (Å²) in [4.78, 5) is 10.1. The van der Waals surface area contributed by atoms with Gasteiger partial charge in [-0.15, -0.1) is 0 Å². The van der Waals surface area contributed by atoms with Crippen LogP contribution in [0.4, 0.5) is 11.4 Å². The lowest BCUT2D eigenvalue weighted by Gasteiger charge is -2.15. The second-order valence-electron chi connectivity index (χ2n) is 4.79. The predicted molar refractivity (Wildman–Crippen MR) is 75.2 cm³/mol. The zero-order valence-corrected chi connectivity index (χ0v) is 11.9. The number of nitro groups is 1. The van der Waals surface area contributed by atoms with Crippen molar-refractivity contribution >= 4 is 21.4 Å². The largest absolute Gasteiger partial charge is 0.387 e. The maximum Gasteiger partial charge on any atom is 0.270 e. The van der Waals surface area contributed by atoms with Gasteiger partial charge in [-0.3, -0.25) is 10.1 Å². The fraction of sp³-hybridized carbons (Fsp3) is 0.500. The van der Waals surface area contributed by atoms with Crippen molar-refractivity contribution in [2.75, 3.05) is 12.4 Å². The first kappa shape index (κ1) is 14.7. The Balaban J connectivity index is 2.37. The average molecular weight is 299 g/mol. The number of nitro benzene ring substituents is 1. The molecule has 0 saturated heterocycles. The molecule has 8 heteroatoms. The fourth-order valence-electron chi connectivity index (χ4n) is 2.38. The van der Waals surface area contributed by atoms with Crippen LogP contribution in [0.25, 0.3) is 0 Å². The number of hydrogen-bond donors (Lipinski definition) is 2. The number of sulfonamides is 1. The minimum absolute atomic E-state index is 0.0797. The van der Waals surface area contributed by atoms with Gasteiger partial charge in [0.15, 0.2) is 0 Å². The third-order valence-electron chi connectivity index (χ3n) is 3.41. The summed E-state index contributed by atoms with van der Waals surface area (Å²) in [5, 5.41) is 13.5. The molecule has 1 saturated carbocycles. The van der Waals surface area contributed by atoms with Gasteiger partial charge in [0, 0.05) is 25.2 Å². The number of hydrogen-bond acceptors (Lipinski definition) is 5. The van der Waals surface area contributed by atoms with E-state index in [9.17, 15) is 18.5 Å². The summed E-state index contributed by atoms with van der Waals surface area (Å²) in [5.74, 6) is 0. The highest BCUT2D eigenvalue weighted by atomic mass is 32.2. The van der Waals surface area contributed by atoms with Gasteiger partial charge >= 0.3 is 0 Å². The molecule has 1 aliphatic rings. The molecule has 0 aliphatic heterocycles. The number of non-ortho nitro benzene ring substituents is 1. The second-order valence-corrected chi connectivity index (χ2v) is 6.47. The van der Waals surface area contributed by atoms with Gasteiger partial charge in [0.1, 0.15) is 4.90 Å². The van der Waals surface area contributed by atoms with E-state index in [0.717, 1.165) is 31.7 Å². The van der Waals surface area contributed by atoms with Crippen molar-refractivity contribution in [1.29, 1.82) is 0 Å². The molecule has 2 N–H and O–H groups in total. The number of anilines is 1. The van der Waals surface area contributed by atoms with Gasteiger partial charge in [-0.05, 0) is 18.9 Å². The molecule has 1 aromatic carbocycles. The minimum atomic E-state index is -3.76. The Labute approximate surface area is 117 Å². The molecule has 1 fully saturated rings. The molecule has 0 heterocycles. The van der Waals surface area contributed by atoms with Gasteiger partial charge in [-0.1, -0.05) is 12.8 Å². The van der Waals surface area contributed by atoms with Crippen molar-refractivity contribution in [3.05, 3.63) is 28.3 Å². The summed E-state index contributed by atoms with van der Waals surface area (Å²) < 4.78 is 27.4. The summed E-state index contributed by atoms with van der Waals surface area (Å²) in [6.07, 6.45) is 3.62. The van der Waals surface area contributed by atoms with Gasteiger partial charge in [-0.2, -0.15) is 0 Å². The Morgan fingerprint density at radius 1 is 1.30 bits per heavy atom. The minimum Gasteiger partial charge on any atom is -0.387 e. The van der Waals surface area contributed by atoms with E-state index in [2.05, 4.69) is 10.0 Å². The lowest BCUT2D eigenvalue weighted by Crippen LogP contribution is -2.33. The molecule has 20 heavy (non-hydrogen) atoms. The van der Waals surface area contributed by atoms with Crippen molar-refractivity contribution in [2.24, 2.45) is 0 Å². The summed E-state index contributed by atoms with van der Waals surface area (Å²) in [6.45, 7) is 0. The monoisotopic (exact) mass is 299 g/mol. The van der Waals surface area contributed by atoms with E-state index in [0.29, 0.717) is 5.69 Å². The topological polar surface area (TPSA) is 101 Å². The molecule has 7 nitrogen and oxygen atoms in total. The molecule has 0 bridgehead atoms. The van der Waals surface area contributed by atoms with Crippen LogP contribution in [0.3, 0.4) is 0 Å². The second kappa shape index (κ2) is 5.76. The van der Waals surface area contributed by atoms with Crippen LogP contribution in [0, 0.1) is 10.1 Å². The summed E-state index contributed by atoms with van der Waals surface area (Å²) in [5.41, 5.74) is 0.108. The van der Waals surface area contributed by atoms with Crippen LogP contribution in [0.2, 0.25) is 0 Å². The summed E-state index contributed by atoms with van der Waals surface area (Å²) in [6, 6.07) is 3.69. The average Bonchev–Trinajstić information content (AvgIpc) is 2.90. The lowest BCUT2D eigenvalue weighted by atomic mass is 10.3. The number of nitrogens with one attached hydrogen (secondary N) is 2. The van der Waals surface area contributed by atoms with Gasteiger partial charge < -0.3 is 5.32 Å². The van der Waals surface area contributed by atoms with Crippen LogP contribution in [-0.4, -0.2) is 26.4 Å². The van der Waals surface area contributed by atoms with E-state index in [-0.39, 0.29) is 16.6 Å². The molecule has 0 aromatic heterocycles. The van der Waals surface area contributed by atoms with Gasteiger partial charge in [0.05, 0.1) is 10.6 Å². The highest BCUT2D eigenvalue weighted by molar-refractivity contribution is 7.89. The third kappa shape index (κ3) is 3.07. The molecule has 0 radical (unpaired) electrons. The van der Waals surface area contributed by atoms with Crippen LogP contribution in [0.5, 0.6) is 0 Å². The van der Waals surface area contributed by atoms with Crippen molar-refractivity contribution in [3.8, 4) is 0 Å². The summed E-state index contributed by atoms with van der Waals surface area (Å²) in [7, 11) is -2.18. The quantitative estimate of drug-likeness (QED) is 0.638. The SMILES string of the molecule is CNc1ccc([N+](=O)[O-])cc1S(=O)(=O)NC1CCCC1. The maximum atomic E-state index is 12.4. The van der Waals surface area contributed by atoms with E-state index in [1.54, 1.807) is 7.05 Å². The first-order chi connectivity index (χ1) is 9.44. The Hall–Kier alpha value is -1.67. The molecule has 110 valence electrons. The molecule has 1 aromatic rings. The van der Waals surface area contributed by atoms with Crippen LogP contribution in [-0.2, 0) is 10.0 Å². The van der Waals surface area contributed by atoms with Crippen molar-refractivity contribution in [2.45, 2.75) is 36.6 Å². The lowest BCUT2D eigenvalue weighted by molar-refractivity contribution is -0.385. The van der Waals surface area contributed by atoms with Crippen LogP contribution < -0.4 is 10.0 Å². The first-order valence-electron chi connectivity index (χ1n) is 6.42. The van der Waals surface area contributed by atoms with E-state index in [1.807, 2.05) is 0 Å². The standard InChI is InChI=1S/C12H17N3O4S/c1-13-11-7-6-10(15(16)17)8-12(11)20(18,19)14-9-4-2-3-5-9/h6-9,13-14H,2-5H2,1H3. The van der Waals surface area contributed by atoms with Gasteiger partial charge in [0.2, 0.25) is 10.0 Å². The van der Waals surface area contributed by atoms with Crippen molar-refractivity contribution in [1.82, 2.24) is 4.72 Å². The number of benzene rings is 1.